The number of urea groups is 1. The van der Waals surface area contributed by atoms with Gasteiger partial charge in [0.05, 0.1) is 5.69 Å². The highest BCUT2D eigenvalue weighted by Crippen LogP contribution is 2.33. The molecular formula is C21H22FN5O2. The molecule has 3 aromatic rings. The van der Waals surface area contributed by atoms with Crippen LogP contribution >= 0.6 is 0 Å². The molecule has 1 aromatic heterocycles. The van der Waals surface area contributed by atoms with Crippen molar-refractivity contribution in [3.8, 4) is 17.0 Å². The normalized spacial score (nSPS) is 15.9. The molecule has 29 heavy (non-hydrogen) atoms. The third-order valence-corrected chi connectivity index (χ3v) is 4.75. The Bertz CT molecular complexity index is 997. The summed E-state index contributed by atoms with van der Waals surface area (Å²) in [6.07, 6.45) is 2.78. The molecule has 3 N–H and O–H groups in total. The summed E-state index contributed by atoms with van der Waals surface area (Å²) in [6.45, 7) is 1.75. The molecule has 7 nitrogen and oxygen atoms in total. The van der Waals surface area contributed by atoms with Crippen LogP contribution in [0.1, 0.15) is 6.42 Å². The number of ether oxygens (including phenoxy) is 1. The van der Waals surface area contributed by atoms with E-state index in [1.807, 2.05) is 25.2 Å². The summed E-state index contributed by atoms with van der Waals surface area (Å²) in [6, 6.07) is 12.6. The lowest BCUT2D eigenvalue weighted by Gasteiger charge is -2.18. The predicted octanol–water partition coefficient (Wildman–Crippen LogP) is 3.61. The molecule has 1 aliphatic heterocycles. The molecule has 2 amide bonds. The average Bonchev–Trinajstić information content (AvgIpc) is 3.36. The molecular weight excluding hydrogens is 373 g/mol. The van der Waals surface area contributed by atoms with Gasteiger partial charge in [-0.15, -0.1) is 0 Å². The second kappa shape index (κ2) is 8.32. The Hall–Kier alpha value is -3.39. The van der Waals surface area contributed by atoms with E-state index in [0.29, 0.717) is 11.4 Å². The molecule has 1 fully saturated rings. The predicted molar refractivity (Wildman–Crippen MR) is 110 cm³/mol. The van der Waals surface area contributed by atoms with Crippen molar-refractivity contribution in [1.29, 1.82) is 0 Å². The van der Waals surface area contributed by atoms with E-state index in [1.165, 1.54) is 24.3 Å². The van der Waals surface area contributed by atoms with Crippen LogP contribution in [0.15, 0.2) is 54.7 Å². The number of hydrogen-bond acceptors (Lipinski definition) is 4. The van der Waals surface area contributed by atoms with E-state index in [9.17, 15) is 9.18 Å². The number of benzene rings is 2. The smallest absolute Gasteiger partial charge is 0.323 e. The topological polar surface area (TPSA) is 80.2 Å². The number of hydrogen-bond donors (Lipinski definition) is 3. The summed E-state index contributed by atoms with van der Waals surface area (Å²) < 4.78 is 21.0. The second-order valence-electron chi connectivity index (χ2n) is 6.87. The number of carbonyl (C=O) groups excluding carboxylic acids is 1. The second-order valence-corrected chi connectivity index (χ2v) is 6.87. The van der Waals surface area contributed by atoms with Crippen molar-refractivity contribution in [1.82, 2.24) is 15.1 Å². The molecule has 8 heteroatoms. The molecule has 1 atom stereocenters. The number of nitrogens with zero attached hydrogens (tertiary/aromatic N) is 2. The molecule has 1 saturated heterocycles. The van der Waals surface area contributed by atoms with Gasteiger partial charge in [-0.3, -0.25) is 4.68 Å². The molecule has 1 aliphatic rings. The third-order valence-electron chi connectivity index (χ3n) is 4.75. The average molecular weight is 395 g/mol. The standard InChI is InChI=1S/C21H22FN5O2/c1-27-19(9-11-24-27)18-12-16(6-7-20(18)29-17-8-10-23-13-17)26-21(28)25-15-4-2-14(22)3-5-15/h2-7,9,11-12,17,23H,8,10,13H2,1H3,(H2,25,26,28). The highest BCUT2D eigenvalue weighted by atomic mass is 19.1. The minimum Gasteiger partial charge on any atom is -0.488 e. The minimum absolute atomic E-state index is 0.113. The van der Waals surface area contributed by atoms with Crippen LogP contribution in [-0.2, 0) is 7.05 Å². The maximum Gasteiger partial charge on any atom is 0.323 e. The maximum atomic E-state index is 13.0. The first kappa shape index (κ1) is 18.9. The van der Waals surface area contributed by atoms with Crippen molar-refractivity contribution in [3.63, 3.8) is 0 Å². The fraction of sp³-hybridized carbons (Fsp3) is 0.238. The van der Waals surface area contributed by atoms with Crippen molar-refractivity contribution in [3.05, 3.63) is 60.5 Å². The van der Waals surface area contributed by atoms with E-state index in [-0.39, 0.29) is 11.9 Å². The fourth-order valence-electron chi connectivity index (χ4n) is 3.28. The third kappa shape index (κ3) is 4.55. The Morgan fingerprint density at radius 3 is 2.62 bits per heavy atom. The van der Waals surface area contributed by atoms with Crippen LogP contribution in [0.4, 0.5) is 20.6 Å². The number of rotatable bonds is 5. The molecule has 2 heterocycles. The first-order valence-electron chi connectivity index (χ1n) is 9.42. The zero-order chi connectivity index (χ0) is 20.2. The van der Waals surface area contributed by atoms with Crippen molar-refractivity contribution in [2.45, 2.75) is 12.5 Å². The van der Waals surface area contributed by atoms with Crippen LogP contribution < -0.4 is 20.7 Å². The number of aromatic nitrogens is 2. The van der Waals surface area contributed by atoms with Gasteiger partial charge in [-0.1, -0.05) is 0 Å². The molecule has 0 radical (unpaired) electrons. The lowest BCUT2D eigenvalue weighted by atomic mass is 10.1. The molecule has 0 saturated carbocycles. The monoisotopic (exact) mass is 395 g/mol. The summed E-state index contributed by atoms with van der Waals surface area (Å²) in [5, 5.41) is 13.0. The van der Waals surface area contributed by atoms with Crippen LogP contribution in [0.2, 0.25) is 0 Å². The minimum atomic E-state index is -0.416. The van der Waals surface area contributed by atoms with E-state index in [0.717, 1.165) is 36.5 Å². The van der Waals surface area contributed by atoms with Crippen molar-refractivity contribution >= 4 is 17.4 Å². The summed E-state index contributed by atoms with van der Waals surface area (Å²) in [4.78, 5) is 12.3. The van der Waals surface area contributed by atoms with Gasteiger partial charge in [-0.25, -0.2) is 9.18 Å². The Kier molecular flexibility index (Phi) is 5.44. The van der Waals surface area contributed by atoms with Crippen molar-refractivity contribution in [2.24, 2.45) is 7.05 Å². The van der Waals surface area contributed by atoms with Crippen molar-refractivity contribution < 1.29 is 13.9 Å². The fourth-order valence-corrected chi connectivity index (χ4v) is 3.28. The summed E-state index contributed by atoms with van der Waals surface area (Å²) in [5.41, 5.74) is 2.84. The van der Waals surface area contributed by atoms with Gasteiger partial charge in [0.25, 0.3) is 0 Å². The van der Waals surface area contributed by atoms with Crippen molar-refractivity contribution in [2.75, 3.05) is 23.7 Å². The SMILES string of the molecule is Cn1nccc1-c1cc(NC(=O)Nc2ccc(F)cc2)ccc1OC1CCNC1. The number of amides is 2. The molecule has 2 aromatic carbocycles. The Morgan fingerprint density at radius 2 is 1.93 bits per heavy atom. The van der Waals surface area contributed by atoms with Gasteiger partial charge in [0.1, 0.15) is 17.7 Å². The van der Waals surface area contributed by atoms with Gasteiger partial charge in [0.15, 0.2) is 0 Å². The largest absolute Gasteiger partial charge is 0.488 e. The summed E-state index contributed by atoms with van der Waals surface area (Å²) in [5.74, 6) is 0.386. The van der Waals surface area contributed by atoms with E-state index in [2.05, 4.69) is 21.0 Å². The van der Waals surface area contributed by atoms with Gasteiger partial charge in [-0.2, -0.15) is 5.10 Å². The first-order chi connectivity index (χ1) is 14.1. The van der Waals surface area contributed by atoms with E-state index in [4.69, 9.17) is 4.74 Å². The lowest BCUT2D eigenvalue weighted by Crippen LogP contribution is -2.21. The number of carbonyl (C=O) groups is 1. The van der Waals surface area contributed by atoms with Crippen LogP contribution in [0, 0.1) is 5.82 Å². The Morgan fingerprint density at radius 1 is 1.17 bits per heavy atom. The molecule has 4 rings (SSSR count). The number of anilines is 2. The van der Waals surface area contributed by atoms with Gasteiger partial charge in [-0.05, 0) is 61.5 Å². The number of nitrogens with one attached hydrogen (secondary N) is 3. The molecule has 0 aliphatic carbocycles. The number of aryl methyl sites for hydroxylation is 1. The van der Waals surface area contributed by atoms with Crippen LogP contribution in [0.3, 0.4) is 0 Å². The van der Waals surface area contributed by atoms with E-state index in [1.54, 1.807) is 16.9 Å². The van der Waals surface area contributed by atoms with Gasteiger partial charge >= 0.3 is 6.03 Å². The molecule has 150 valence electrons. The zero-order valence-electron chi connectivity index (χ0n) is 16.0. The summed E-state index contributed by atoms with van der Waals surface area (Å²) in [7, 11) is 1.86. The van der Waals surface area contributed by atoms with Crippen LogP contribution in [0.5, 0.6) is 5.75 Å². The van der Waals surface area contributed by atoms with Crippen LogP contribution in [0.25, 0.3) is 11.3 Å². The highest BCUT2D eigenvalue weighted by Gasteiger charge is 2.19. The first-order valence-corrected chi connectivity index (χ1v) is 9.42. The lowest BCUT2D eigenvalue weighted by molar-refractivity contribution is 0.224. The maximum absolute atomic E-state index is 13.0. The summed E-state index contributed by atoms with van der Waals surface area (Å²) >= 11 is 0. The Balaban J connectivity index is 1.55. The van der Waals surface area contributed by atoms with Gasteiger partial charge in [0, 0.05) is 36.7 Å². The highest BCUT2D eigenvalue weighted by molar-refractivity contribution is 6.00. The molecule has 1 unspecified atom stereocenters. The Labute approximate surface area is 167 Å². The quantitative estimate of drug-likeness (QED) is 0.617. The van der Waals surface area contributed by atoms with E-state index < -0.39 is 6.03 Å². The zero-order valence-corrected chi connectivity index (χ0v) is 16.0. The van der Waals surface area contributed by atoms with Gasteiger partial charge < -0.3 is 20.7 Å². The number of halogens is 1. The molecule has 0 spiro atoms. The van der Waals surface area contributed by atoms with E-state index >= 15 is 0 Å². The van der Waals surface area contributed by atoms with Gasteiger partial charge in [0.2, 0.25) is 0 Å². The molecule has 0 bridgehead atoms. The van der Waals surface area contributed by atoms with Crippen LogP contribution in [-0.4, -0.2) is 35.0 Å².